The maximum absolute atomic E-state index is 5.94. The van der Waals surface area contributed by atoms with Gasteiger partial charge in [0.15, 0.2) is 5.82 Å². The number of rotatable bonds is 2. The van der Waals surface area contributed by atoms with Gasteiger partial charge in [-0.15, -0.1) is 10.2 Å². The molecule has 1 aromatic carbocycles. The molecule has 5 heteroatoms. The predicted octanol–water partition coefficient (Wildman–Crippen LogP) is 1.23. The lowest BCUT2D eigenvalue weighted by Crippen LogP contribution is -2.31. The first kappa shape index (κ1) is 11.2. The molecule has 5 nitrogen and oxygen atoms in total. The van der Waals surface area contributed by atoms with E-state index in [2.05, 4.69) is 14.8 Å². The van der Waals surface area contributed by atoms with Gasteiger partial charge in [-0.25, -0.2) is 0 Å². The molecule has 0 saturated carbocycles. The van der Waals surface area contributed by atoms with Crippen LogP contribution in [0.1, 0.15) is 12.2 Å². The number of fused-ring (bicyclic) bond motifs is 1. The van der Waals surface area contributed by atoms with Crippen LogP contribution in [-0.2, 0) is 13.0 Å². The highest BCUT2D eigenvalue weighted by molar-refractivity contribution is 5.56. The number of aromatic nitrogens is 3. The van der Waals surface area contributed by atoms with Gasteiger partial charge < -0.3 is 15.0 Å². The second kappa shape index (κ2) is 4.42. The van der Waals surface area contributed by atoms with E-state index in [-0.39, 0.29) is 6.04 Å². The van der Waals surface area contributed by atoms with Crippen molar-refractivity contribution in [2.75, 3.05) is 7.11 Å². The molecule has 18 heavy (non-hydrogen) atoms. The second-order valence-corrected chi connectivity index (χ2v) is 4.57. The first-order valence-corrected chi connectivity index (χ1v) is 6.10. The van der Waals surface area contributed by atoms with E-state index in [0.29, 0.717) is 0 Å². The van der Waals surface area contributed by atoms with Gasteiger partial charge in [-0.05, 0) is 30.7 Å². The number of benzene rings is 1. The van der Waals surface area contributed by atoms with E-state index >= 15 is 0 Å². The van der Waals surface area contributed by atoms with E-state index in [1.807, 2.05) is 24.3 Å². The van der Waals surface area contributed by atoms with E-state index < -0.39 is 0 Å². The van der Waals surface area contributed by atoms with Crippen molar-refractivity contribution >= 4 is 0 Å². The Kier molecular flexibility index (Phi) is 2.76. The summed E-state index contributed by atoms with van der Waals surface area (Å²) in [6.45, 7) is 0.894. The van der Waals surface area contributed by atoms with Crippen LogP contribution in [0.15, 0.2) is 24.3 Å². The average molecular weight is 244 g/mol. The summed E-state index contributed by atoms with van der Waals surface area (Å²) in [6, 6.07) is 8.09. The van der Waals surface area contributed by atoms with Crippen LogP contribution in [0, 0.1) is 0 Å². The fourth-order valence-electron chi connectivity index (χ4n) is 2.31. The lowest BCUT2D eigenvalue weighted by atomic mass is 10.1. The Hall–Kier alpha value is -1.88. The summed E-state index contributed by atoms with van der Waals surface area (Å²) in [5.74, 6) is 2.75. The summed E-state index contributed by atoms with van der Waals surface area (Å²) in [5.41, 5.74) is 7.00. The maximum Gasteiger partial charge on any atom is 0.163 e. The minimum absolute atomic E-state index is 0.213. The van der Waals surface area contributed by atoms with Crippen LogP contribution in [0.4, 0.5) is 0 Å². The normalized spacial score (nSPS) is 18.4. The van der Waals surface area contributed by atoms with Crippen LogP contribution < -0.4 is 10.5 Å². The molecule has 0 bridgehead atoms. The molecule has 0 spiro atoms. The van der Waals surface area contributed by atoms with E-state index in [1.165, 1.54) is 0 Å². The highest BCUT2D eigenvalue weighted by Gasteiger charge is 2.21. The highest BCUT2D eigenvalue weighted by Crippen LogP contribution is 2.24. The van der Waals surface area contributed by atoms with E-state index in [9.17, 15) is 0 Å². The molecule has 2 N–H and O–H groups in total. The van der Waals surface area contributed by atoms with E-state index in [0.717, 1.165) is 42.3 Å². The van der Waals surface area contributed by atoms with Gasteiger partial charge >= 0.3 is 0 Å². The minimum Gasteiger partial charge on any atom is -0.497 e. The molecule has 1 aromatic heterocycles. The lowest BCUT2D eigenvalue weighted by Gasteiger charge is -2.20. The predicted molar refractivity (Wildman–Crippen MR) is 68.3 cm³/mol. The van der Waals surface area contributed by atoms with Crippen LogP contribution in [0.2, 0.25) is 0 Å². The van der Waals surface area contributed by atoms with Gasteiger partial charge in [-0.3, -0.25) is 0 Å². The molecule has 0 amide bonds. The standard InChI is InChI=1S/C13H16N4O/c1-18-11-4-2-9(3-5-11)13-16-15-12-8-10(14)6-7-17(12)13/h2-5,10H,6-8,14H2,1H3. The molecule has 1 aliphatic rings. The topological polar surface area (TPSA) is 66.0 Å². The third-order valence-electron chi connectivity index (χ3n) is 3.34. The van der Waals surface area contributed by atoms with Crippen LogP contribution in [0.5, 0.6) is 5.75 Å². The lowest BCUT2D eigenvalue weighted by molar-refractivity contribution is 0.415. The third kappa shape index (κ3) is 1.86. The van der Waals surface area contributed by atoms with Crippen LogP contribution in [-0.4, -0.2) is 27.9 Å². The van der Waals surface area contributed by atoms with Gasteiger partial charge in [0.1, 0.15) is 11.6 Å². The monoisotopic (exact) mass is 244 g/mol. The van der Waals surface area contributed by atoms with Gasteiger partial charge in [0.2, 0.25) is 0 Å². The van der Waals surface area contributed by atoms with Gasteiger partial charge in [0.25, 0.3) is 0 Å². The number of ether oxygens (including phenoxy) is 1. The fraction of sp³-hybridized carbons (Fsp3) is 0.385. The van der Waals surface area contributed by atoms with Crippen molar-refractivity contribution in [2.24, 2.45) is 5.73 Å². The minimum atomic E-state index is 0.213. The summed E-state index contributed by atoms with van der Waals surface area (Å²) in [5, 5.41) is 8.50. The van der Waals surface area contributed by atoms with Crippen molar-refractivity contribution < 1.29 is 4.74 Å². The Morgan fingerprint density at radius 3 is 2.78 bits per heavy atom. The Morgan fingerprint density at radius 2 is 2.06 bits per heavy atom. The number of methoxy groups -OCH3 is 1. The SMILES string of the molecule is COc1ccc(-c2nnc3n2CCC(N)C3)cc1. The molecule has 1 atom stereocenters. The summed E-state index contributed by atoms with van der Waals surface area (Å²) in [7, 11) is 1.66. The van der Waals surface area contributed by atoms with E-state index in [1.54, 1.807) is 7.11 Å². The second-order valence-electron chi connectivity index (χ2n) is 4.57. The molecule has 0 radical (unpaired) electrons. The van der Waals surface area contributed by atoms with Crippen LogP contribution >= 0.6 is 0 Å². The molecule has 0 saturated heterocycles. The zero-order chi connectivity index (χ0) is 12.5. The summed E-state index contributed by atoms with van der Waals surface area (Å²) in [4.78, 5) is 0. The molecular weight excluding hydrogens is 228 g/mol. The van der Waals surface area contributed by atoms with Crippen molar-refractivity contribution in [3.63, 3.8) is 0 Å². The van der Waals surface area contributed by atoms with E-state index in [4.69, 9.17) is 10.5 Å². The Morgan fingerprint density at radius 1 is 1.28 bits per heavy atom. The maximum atomic E-state index is 5.94. The number of nitrogens with two attached hydrogens (primary N) is 1. The van der Waals surface area contributed by atoms with Crippen molar-refractivity contribution in [1.82, 2.24) is 14.8 Å². The first-order chi connectivity index (χ1) is 8.78. The smallest absolute Gasteiger partial charge is 0.163 e. The van der Waals surface area contributed by atoms with Gasteiger partial charge in [-0.2, -0.15) is 0 Å². The summed E-state index contributed by atoms with van der Waals surface area (Å²) < 4.78 is 7.31. The molecule has 1 aliphatic heterocycles. The number of hydrogen-bond acceptors (Lipinski definition) is 4. The third-order valence-corrected chi connectivity index (χ3v) is 3.34. The zero-order valence-corrected chi connectivity index (χ0v) is 10.3. The molecule has 3 rings (SSSR count). The highest BCUT2D eigenvalue weighted by atomic mass is 16.5. The van der Waals surface area contributed by atoms with Crippen LogP contribution in [0.25, 0.3) is 11.4 Å². The number of nitrogens with zero attached hydrogens (tertiary/aromatic N) is 3. The zero-order valence-electron chi connectivity index (χ0n) is 10.3. The van der Waals surface area contributed by atoms with Gasteiger partial charge in [0.05, 0.1) is 7.11 Å². The van der Waals surface area contributed by atoms with Crippen LogP contribution in [0.3, 0.4) is 0 Å². The van der Waals surface area contributed by atoms with Crippen molar-refractivity contribution in [3.05, 3.63) is 30.1 Å². The van der Waals surface area contributed by atoms with Crippen molar-refractivity contribution in [1.29, 1.82) is 0 Å². The first-order valence-electron chi connectivity index (χ1n) is 6.10. The molecule has 1 unspecified atom stereocenters. The largest absolute Gasteiger partial charge is 0.497 e. The Labute approximate surface area is 106 Å². The molecule has 2 heterocycles. The summed E-state index contributed by atoms with van der Waals surface area (Å²) >= 11 is 0. The number of hydrogen-bond donors (Lipinski definition) is 1. The average Bonchev–Trinajstić information content (AvgIpc) is 2.81. The molecular formula is C13H16N4O. The Balaban J connectivity index is 1.97. The molecule has 2 aromatic rings. The fourth-order valence-corrected chi connectivity index (χ4v) is 2.31. The van der Waals surface area contributed by atoms with Crippen molar-refractivity contribution in [3.8, 4) is 17.1 Å². The van der Waals surface area contributed by atoms with Gasteiger partial charge in [-0.1, -0.05) is 0 Å². The Bertz CT molecular complexity index is 547. The molecule has 0 fully saturated rings. The summed E-state index contributed by atoms with van der Waals surface area (Å²) in [6.07, 6.45) is 1.79. The van der Waals surface area contributed by atoms with Gasteiger partial charge in [0, 0.05) is 24.6 Å². The molecule has 0 aliphatic carbocycles. The molecule has 94 valence electrons. The quantitative estimate of drug-likeness (QED) is 0.862. The van der Waals surface area contributed by atoms with Crippen molar-refractivity contribution in [2.45, 2.75) is 25.4 Å².